The SMILES string of the molecule is CCC(C)(CC(C)(C)C(=O)O)C(=O)OC/C=C/Cl. The molecule has 0 spiro atoms. The second-order valence-electron chi connectivity index (χ2n) is 5.24. The summed E-state index contributed by atoms with van der Waals surface area (Å²) in [5.41, 5.74) is -0.494. The molecule has 0 aromatic heterocycles. The van der Waals surface area contributed by atoms with Crippen molar-refractivity contribution in [2.75, 3.05) is 6.61 Å². The lowest BCUT2D eigenvalue weighted by atomic mass is 9.72. The number of esters is 1. The topological polar surface area (TPSA) is 63.6 Å². The molecule has 104 valence electrons. The maximum Gasteiger partial charge on any atom is 0.312 e. The number of halogens is 1. The van der Waals surface area contributed by atoms with Crippen molar-refractivity contribution in [3.8, 4) is 0 Å². The number of hydrogen-bond donors (Lipinski definition) is 1. The lowest BCUT2D eigenvalue weighted by molar-refractivity contribution is -0.159. The molecule has 0 rings (SSSR count). The summed E-state index contributed by atoms with van der Waals surface area (Å²) in [5, 5.41) is 9.12. The van der Waals surface area contributed by atoms with Crippen LogP contribution in [0.15, 0.2) is 11.6 Å². The minimum atomic E-state index is -0.966. The van der Waals surface area contributed by atoms with Crippen molar-refractivity contribution in [2.45, 2.75) is 40.5 Å². The Morgan fingerprint density at radius 3 is 2.28 bits per heavy atom. The lowest BCUT2D eigenvalue weighted by Crippen LogP contribution is -2.37. The molecule has 0 heterocycles. The third-order valence-corrected chi connectivity index (χ3v) is 3.26. The molecule has 5 heteroatoms. The second-order valence-corrected chi connectivity index (χ2v) is 5.49. The smallest absolute Gasteiger partial charge is 0.312 e. The van der Waals surface area contributed by atoms with E-state index >= 15 is 0 Å². The van der Waals surface area contributed by atoms with Crippen LogP contribution in [0.3, 0.4) is 0 Å². The first-order valence-corrected chi connectivity index (χ1v) is 6.29. The number of aliphatic carboxylic acids is 1. The van der Waals surface area contributed by atoms with Gasteiger partial charge < -0.3 is 9.84 Å². The van der Waals surface area contributed by atoms with Gasteiger partial charge in [0.2, 0.25) is 0 Å². The minimum absolute atomic E-state index is 0.103. The number of carbonyl (C=O) groups excluding carboxylic acids is 1. The largest absolute Gasteiger partial charge is 0.481 e. The van der Waals surface area contributed by atoms with Crippen LogP contribution < -0.4 is 0 Å². The highest BCUT2D eigenvalue weighted by Gasteiger charge is 2.41. The number of carbonyl (C=O) groups is 2. The standard InChI is InChI=1S/C13H21ClO4/c1-5-13(4,9-12(2,3)10(15)16)11(17)18-8-6-7-14/h6-7H,5,8-9H2,1-4H3,(H,15,16)/b7-6+. The second kappa shape index (κ2) is 6.78. The fraction of sp³-hybridized carbons (Fsp3) is 0.692. The van der Waals surface area contributed by atoms with Crippen LogP contribution in [0.2, 0.25) is 0 Å². The molecule has 0 amide bonds. The average Bonchev–Trinajstić information content (AvgIpc) is 2.28. The average molecular weight is 277 g/mol. The molecule has 18 heavy (non-hydrogen) atoms. The number of ether oxygens (including phenoxy) is 1. The van der Waals surface area contributed by atoms with E-state index in [1.807, 2.05) is 6.92 Å². The van der Waals surface area contributed by atoms with Crippen LogP contribution in [-0.4, -0.2) is 23.7 Å². The third-order valence-electron chi connectivity index (χ3n) is 3.08. The molecular formula is C13H21ClO4. The summed E-state index contributed by atoms with van der Waals surface area (Å²) in [6.07, 6.45) is 2.26. The maximum absolute atomic E-state index is 12.0. The predicted molar refractivity (Wildman–Crippen MR) is 70.4 cm³/mol. The number of carboxylic acid groups (broad SMARTS) is 1. The first kappa shape index (κ1) is 17.0. The van der Waals surface area contributed by atoms with Gasteiger partial charge in [0.1, 0.15) is 6.61 Å². The summed E-state index contributed by atoms with van der Waals surface area (Å²) in [6.45, 7) is 6.89. The van der Waals surface area contributed by atoms with E-state index in [-0.39, 0.29) is 13.0 Å². The van der Waals surface area contributed by atoms with Crippen LogP contribution in [0.4, 0.5) is 0 Å². The van der Waals surface area contributed by atoms with E-state index in [0.29, 0.717) is 6.42 Å². The molecule has 0 aliphatic carbocycles. The summed E-state index contributed by atoms with van der Waals surface area (Å²) in [4.78, 5) is 23.1. The van der Waals surface area contributed by atoms with E-state index in [0.717, 1.165) is 0 Å². The van der Waals surface area contributed by atoms with E-state index in [9.17, 15) is 9.59 Å². The molecular weight excluding hydrogens is 256 g/mol. The third kappa shape index (κ3) is 4.69. The Bertz CT molecular complexity index is 336. The lowest BCUT2D eigenvalue weighted by Gasteiger charge is -2.32. The highest BCUT2D eigenvalue weighted by molar-refractivity contribution is 6.25. The van der Waals surface area contributed by atoms with Gasteiger partial charge in [-0.15, -0.1) is 0 Å². The molecule has 0 saturated heterocycles. The molecule has 0 aromatic carbocycles. The summed E-state index contributed by atoms with van der Waals surface area (Å²) in [5.74, 6) is -1.32. The molecule has 0 aromatic rings. The van der Waals surface area contributed by atoms with Gasteiger partial charge in [0.15, 0.2) is 0 Å². The van der Waals surface area contributed by atoms with Gasteiger partial charge in [-0.05, 0) is 39.7 Å². The Labute approximate surface area is 113 Å². The van der Waals surface area contributed by atoms with Crippen LogP contribution in [-0.2, 0) is 14.3 Å². The highest BCUT2D eigenvalue weighted by Crippen LogP contribution is 2.37. The van der Waals surface area contributed by atoms with Crippen LogP contribution in [0, 0.1) is 10.8 Å². The van der Waals surface area contributed by atoms with Crippen molar-refractivity contribution in [3.63, 3.8) is 0 Å². The molecule has 1 unspecified atom stereocenters. The molecule has 0 fully saturated rings. The maximum atomic E-state index is 12.0. The number of carboxylic acids is 1. The predicted octanol–water partition coefficient (Wildman–Crippen LogP) is 3.20. The zero-order valence-electron chi connectivity index (χ0n) is 11.3. The quantitative estimate of drug-likeness (QED) is 0.725. The number of rotatable bonds is 7. The molecule has 0 aliphatic heterocycles. The monoisotopic (exact) mass is 276 g/mol. The van der Waals surface area contributed by atoms with Gasteiger partial charge in [-0.25, -0.2) is 0 Å². The highest BCUT2D eigenvalue weighted by atomic mass is 35.5. The van der Waals surface area contributed by atoms with E-state index < -0.39 is 22.8 Å². The summed E-state index contributed by atoms with van der Waals surface area (Å²) in [7, 11) is 0. The first-order valence-electron chi connectivity index (χ1n) is 5.85. The zero-order valence-corrected chi connectivity index (χ0v) is 12.1. The molecule has 0 radical (unpaired) electrons. The minimum Gasteiger partial charge on any atom is -0.481 e. The van der Waals surface area contributed by atoms with Gasteiger partial charge in [0.25, 0.3) is 0 Å². The molecule has 4 nitrogen and oxygen atoms in total. The van der Waals surface area contributed by atoms with Crippen LogP contribution >= 0.6 is 11.6 Å². The Hall–Kier alpha value is -1.03. The van der Waals surface area contributed by atoms with Crippen molar-refractivity contribution >= 4 is 23.5 Å². The molecule has 0 saturated carbocycles. The molecule has 0 bridgehead atoms. The number of hydrogen-bond acceptors (Lipinski definition) is 3. The molecule has 1 N–H and O–H groups in total. The van der Waals surface area contributed by atoms with E-state index in [4.69, 9.17) is 21.4 Å². The van der Waals surface area contributed by atoms with Gasteiger partial charge >= 0.3 is 11.9 Å². The van der Waals surface area contributed by atoms with Crippen molar-refractivity contribution in [1.82, 2.24) is 0 Å². The van der Waals surface area contributed by atoms with Crippen LogP contribution in [0.1, 0.15) is 40.5 Å². The Kier molecular flexibility index (Phi) is 6.39. The van der Waals surface area contributed by atoms with Crippen molar-refractivity contribution in [1.29, 1.82) is 0 Å². The first-order chi connectivity index (χ1) is 8.19. The molecule has 0 aliphatic rings. The fourth-order valence-electron chi connectivity index (χ4n) is 1.73. The van der Waals surface area contributed by atoms with Crippen LogP contribution in [0.25, 0.3) is 0 Å². The van der Waals surface area contributed by atoms with E-state index in [2.05, 4.69) is 0 Å². The Balaban J connectivity index is 4.79. The van der Waals surface area contributed by atoms with E-state index in [1.54, 1.807) is 20.8 Å². The van der Waals surface area contributed by atoms with Gasteiger partial charge in [-0.1, -0.05) is 18.5 Å². The van der Waals surface area contributed by atoms with Crippen molar-refractivity contribution in [2.24, 2.45) is 10.8 Å². The van der Waals surface area contributed by atoms with Gasteiger partial charge in [-0.3, -0.25) is 9.59 Å². The van der Waals surface area contributed by atoms with E-state index in [1.165, 1.54) is 11.6 Å². The normalized spacial score (nSPS) is 15.4. The van der Waals surface area contributed by atoms with Gasteiger partial charge in [-0.2, -0.15) is 0 Å². The van der Waals surface area contributed by atoms with Gasteiger partial charge in [0, 0.05) is 5.54 Å². The van der Waals surface area contributed by atoms with Gasteiger partial charge in [0.05, 0.1) is 10.8 Å². The summed E-state index contributed by atoms with van der Waals surface area (Å²) < 4.78 is 5.06. The Morgan fingerprint density at radius 2 is 1.89 bits per heavy atom. The summed E-state index contributed by atoms with van der Waals surface area (Å²) >= 11 is 5.33. The van der Waals surface area contributed by atoms with Crippen molar-refractivity contribution in [3.05, 3.63) is 11.6 Å². The summed E-state index contributed by atoms with van der Waals surface area (Å²) in [6, 6.07) is 0. The van der Waals surface area contributed by atoms with Crippen LogP contribution in [0.5, 0.6) is 0 Å². The fourth-order valence-corrected chi connectivity index (χ4v) is 1.80. The zero-order chi connectivity index (χ0) is 14.4. The Morgan fingerprint density at radius 1 is 1.33 bits per heavy atom. The van der Waals surface area contributed by atoms with Crippen molar-refractivity contribution < 1.29 is 19.4 Å². The molecule has 1 atom stereocenters.